The monoisotopic (exact) mass is 296 g/mol. The zero-order valence-corrected chi connectivity index (χ0v) is 11.8. The van der Waals surface area contributed by atoms with Crippen LogP contribution in [0.1, 0.15) is 23.0 Å². The Balaban J connectivity index is 1.96. The van der Waals surface area contributed by atoms with Crippen molar-refractivity contribution in [2.75, 3.05) is 0 Å². The summed E-state index contributed by atoms with van der Waals surface area (Å²) in [7, 11) is 0. The Hall–Kier alpha value is -3.02. The number of fused-ring (bicyclic) bond motifs is 1. The summed E-state index contributed by atoms with van der Waals surface area (Å²) in [6, 6.07) is 6.39. The summed E-state index contributed by atoms with van der Waals surface area (Å²) in [5.41, 5.74) is 0.944. The SMILES string of the molecule is CCc1cc(=O)oc2cc(OC(=O)c3cnccn3)ccc12. The molecule has 110 valence electrons. The molecule has 6 heteroatoms. The molecular formula is C16H12N2O4. The zero-order valence-electron chi connectivity index (χ0n) is 11.8. The van der Waals surface area contributed by atoms with Gasteiger partial charge < -0.3 is 9.15 Å². The maximum atomic E-state index is 11.9. The highest BCUT2D eigenvalue weighted by Gasteiger charge is 2.12. The molecule has 3 rings (SSSR count). The molecule has 2 aromatic heterocycles. The highest BCUT2D eigenvalue weighted by Crippen LogP contribution is 2.23. The first kappa shape index (κ1) is 13.9. The van der Waals surface area contributed by atoms with E-state index in [0.29, 0.717) is 12.0 Å². The van der Waals surface area contributed by atoms with Crippen molar-refractivity contribution in [3.63, 3.8) is 0 Å². The zero-order chi connectivity index (χ0) is 15.5. The van der Waals surface area contributed by atoms with E-state index in [2.05, 4.69) is 9.97 Å². The van der Waals surface area contributed by atoms with Crippen molar-refractivity contribution in [3.05, 3.63) is 64.5 Å². The van der Waals surface area contributed by atoms with Crippen LogP contribution in [0.3, 0.4) is 0 Å². The van der Waals surface area contributed by atoms with Crippen molar-refractivity contribution < 1.29 is 13.9 Å². The quantitative estimate of drug-likeness (QED) is 0.419. The maximum Gasteiger partial charge on any atom is 0.363 e. The summed E-state index contributed by atoms with van der Waals surface area (Å²) in [5, 5.41) is 0.821. The highest BCUT2D eigenvalue weighted by molar-refractivity contribution is 5.89. The van der Waals surface area contributed by atoms with Gasteiger partial charge in [0.15, 0.2) is 5.69 Å². The van der Waals surface area contributed by atoms with E-state index in [1.165, 1.54) is 30.7 Å². The highest BCUT2D eigenvalue weighted by atomic mass is 16.5. The average Bonchev–Trinajstić information content (AvgIpc) is 2.54. The standard InChI is InChI=1S/C16H12N2O4/c1-2-10-7-15(19)22-14-8-11(3-4-12(10)14)21-16(20)13-9-17-5-6-18-13/h3-9H,2H2,1H3. The predicted molar refractivity (Wildman–Crippen MR) is 78.9 cm³/mol. The molecule has 2 heterocycles. The third-order valence-electron chi connectivity index (χ3n) is 3.17. The molecule has 0 N–H and O–H groups in total. The summed E-state index contributed by atoms with van der Waals surface area (Å²) in [5.74, 6) is -0.346. The van der Waals surface area contributed by atoms with Crippen molar-refractivity contribution >= 4 is 16.9 Å². The Morgan fingerprint density at radius 1 is 1.27 bits per heavy atom. The molecule has 0 unspecified atom stereocenters. The largest absolute Gasteiger partial charge is 0.423 e. The van der Waals surface area contributed by atoms with Gasteiger partial charge in [-0.2, -0.15) is 0 Å². The fourth-order valence-corrected chi connectivity index (χ4v) is 2.13. The topological polar surface area (TPSA) is 82.3 Å². The van der Waals surface area contributed by atoms with Gasteiger partial charge >= 0.3 is 11.6 Å². The van der Waals surface area contributed by atoms with Crippen LogP contribution in [0, 0.1) is 0 Å². The van der Waals surface area contributed by atoms with Gasteiger partial charge in [-0.1, -0.05) is 6.92 Å². The van der Waals surface area contributed by atoms with Crippen LogP contribution in [0.5, 0.6) is 5.75 Å². The molecule has 3 aromatic rings. The average molecular weight is 296 g/mol. The first-order valence-electron chi connectivity index (χ1n) is 6.72. The van der Waals surface area contributed by atoms with E-state index in [1.807, 2.05) is 6.92 Å². The second-order valence-corrected chi connectivity index (χ2v) is 4.58. The van der Waals surface area contributed by atoms with Gasteiger partial charge in [-0.15, -0.1) is 0 Å². The van der Waals surface area contributed by atoms with Crippen LogP contribution in [0.15, 0.2) is 52.1 Å². The molecule has 6 nitrogen and oxygen atoms in total. The van der Waals surface area contributed by atoms with Gasteiger partial charge in [0.25, 0.3) is 0 Å². The Morgan fingerprint density at radius 3 is 2.86 bits per heavy atom. The summed E-state index contributed by atoms with van der Waals surface area (Å²) in [6.45, 7) is 1.95. The summed E-state index contributed by atoms with van der Waals surface area (Å²) in [6.07, 6.45) is 4.90. The normalized spacial score (nSPS) is 10.6. The van der Waals surface area contributed by atoms with Crippen LogP contribution in [-0.2, 0) is 6.42 Å². The molecular weight excluding hydrogens is 284 g/mol. The Kier molecular flexibility index (Phi) is 3.65. The fourth-order valence-electron chi connectivity index (χ4n) is 2.13. The summed E-state index contributed by atoms with van der Waals surface area (Å²) >= 11 is 0. The molecule has 0 aliphatic heterocycles. The van der Waals surface area contributed by atoms with Crippen molar-refractivity contribution in [2.24, 2.45) is 0 Å². The minimum Gasteiger partial charge on any atom is -0.423 e. The number of carbonyl (C=O) groups is 1. The number of benzene rings is 1. The molecule has 22 heavy (non-hydrogen) atoms. The molecule has 0 aliphatic carbocycles. The lowest BCUT2D eigenvalue weighted by Crippen LogP contribution is -2.10. The van der Waals surface area contributed by atoms with Gasteiger partial charge in [-0.3, -0.25) is 4.98 Å². The Labute approximate surface area is 125 Å². The van der Waals surface area contributed by atoms with Crippen molar-refractivity contribution in [3.8, 4) is 5.75 Å². The van der Waals surface area contributed by atoms with Gasteiger partial charge in [0.1, 0.15) is 11.3 Å². The first-order valence-corrected chi connectivity index (χ1v) is 6.72. The van der Waals surface area contributed by atoms with Gasteiger partial charge in [-0.25, -0.2) is 14.6 Å². The number of esters is 1. The molecule has 0 bridgehead atoms. The first-order chi connectivity index (χ1) is 10.7. The molecule has 0 fully saturated rings. The van der Waals surface area contributed by atoms with E-state index in [4.69, 9.17) is 9.15 Å². The lowest BCUT2D eigenvalue weighted by Gasteiger charge is -2.06. The van der Waals surface area contributed by atoms with Crippen LogP contribution in [0.2, 0.25) is 0 Å². The molecule has 0 atom stereocenters. The van der Waals surface area contributed by atoms with Gasteiger partial charge in [0.05, 0.1) is 6.20 Å². The minimum absolute atomic E-state index is 0.103. The van der Waals surface area contributed by atoms with Crippen LogP contribution >= 0.6 is 0 Å². The number of nitrogens with zero attached hydrogens (tertiary/aromatic N) is 2. The van der Waals surface area contributed by atoms with Crippen LogP contribution in [-0.4, -0.2) is 15.9 Å². The van der Waals surface area contributed by atoms with Crippen LogP contribution in [0.25, 0.3) is 11.0 Å². The molecule has 0 saturated carbocycles. The van der Waals surface area contributed by atoms with Crippen LogP contribution < -0.4 is 10.4 Å². The lowest BCUT2D eigenvalue weighted by atomic mass is 10.1. The van der Waals surface area contributed by atoms with E-state index >= 15 is 0 Å². The summed E-state index contributed by atoms with van der Waals surface area (Å²) in [4.78, 5) is 31.1. The minimum atomic E-state index is -0.624. The second-order valence-electron chi connectivity index (χ2n) is 4.58. The number of rotatable bonds is 3. The molecule has 0 saturated heterocycles. The number of hydrogen-bond acceptors (Lipinski definition) is 6. The smallest absolute Gasteiger partial charge is 0.363 e. The van der Waals surface area contributed by atoms with E-state index in [9.17, 15) is 9.59 Å². The van der Waals surface area contributed by atoms with Crippen molar-refractivity contribution in [2.45, 2.75) is 13.3 Å². The summed E-state index contributed by atoms with van der Waals surface area (Å²) < 4.78 is 10.4. The number of hydrogen-bond donors (Lipinski definition) is 0. The van der Waals surface area contributed by atoms with Crippen molar-refractivity contribution in [1.82, 2.24) is 9.97 Å². The number of aryl methyl sites for hydroxylation is 1. The van der Waals surface area contributed by atoms with E-state index in [1.54, 1.807) is 12.1 Å². The number of ether oxygens (including phenoxy) is 1. The van der Waals surface area contributed by atoms with Crippen molar-refractivity contribution in [1.29, 1.82) is 0 Å². The maximum absolute atomic E-state index is 11.9. The third kappa shape index (κ3) is 2.71. The number of carbonyl (C=O) groups excluding carboxylic acids is 1. The van der Waals surface area contributed by atoms with Crippen LogP contribution in [0.4, 0.5) is 0 Å². The molecule has 0 amide bonds. The predicted octanol–water partition coefficient (Wildman–Crippen LogP) is 2.36. The molecule has 0 spiro atoms. The molecule has 0 radical (unpaired) electrons. The lowest BCUT2D eigenvalue weighted by molar-refractivity contribution is 0.0728. The third-order valence-corrected chi connectivity index (χ3v) is 3.17. The Morgan fingerprint density at radius 2 is 2.14 bits per heavy atom. The van der Waals surface area contributed by atoms with Gasteiger partial charge in [0, 0.05) is 29.9 Å². The fraction of sp³-hybridized carbons (Fsp3) is 0.125. The Bertz CT molecular complexity index is 888. The second kappa shape index (κ2) is 5.77. The molecule has 0 aliphatic rings. The van der Waals surface area contributed by atoms with E-state index in [-0.39, 0.29) is 11.4 Å². The van der Waals surface area contributed by atoms with E-state index in [0.717, 1.165) is 10.9 Å². The van der Waals surface area contributed by atoms with E-state index < -0.39 is 11.6 Å². The molecule has 1 aromatic carbocycles. The van der Waals surface area contributed by atoms with Gasteiger partial charge in [-0.05, 0) is 24.1 Å². The number of aromatic nitrogens is 2. The van der Waals surface area contributed by atoms with Gasteiger partial charge in [0.2, 0.25) is 0 Å².